The SMILES string of the molecule is C=CCC(CO)(CO)CC=C.CCCCC(CC)(CO)CO. The number of aliphatic hydroxyl groups is 4. The number of hydrogen-bond donors (Lipinski definition) is 4. The molecule has 0 atom stereocenters. The molecule has 0 aliphatic rings. The Morgan fingerprint density at radius 1 is 0.773 bits per heavy atom. The van der Waals surface area contributed by atoms with Crippen molar-refractivity contribution in [3.8, 4) is 0 Å². The van der Waals surface area contributed by atoms with Crippen LogP contribution in [0.2, 0.25) is 0 Å². The molecule has 0 unspecified atom stereocenters. The third kappa shape index (κ3) is 8.69. The predicted molar refractivity (Wildman–Crippen MR) is 92.7 cm³/mol. The van der Waals surface area contributed by atoms with Crippen molar-refractivity contribution in [2.45, 2.75) is 52.4 Å². The first-order valence-corrected chi connectivity index (χ1v) is 8.14. The molecule has 0 saturated carbocycles. The Kier molecular flexibility index (Phi) is 15.0. The van der Waals surface area contributed by atoms with Gasteiger partial charge in [-0.05, 0) is 25.7 Å². The molecule has 0 amide bonds. The van der Waals surface area contributed by atoms with Crippen LogP contribution >= 0.6 is 0 Å². The highest BCUT2D eigenvalue weighted by molar-refractivity contribution is 4.90. The van der Waals surface area contributed by atoms with Crippen LogP contribution < -0.4 is 0 Å². The Balaban J connectivity index is 0. The van der Waals surface area contributed by atoms with Crippen molar-refractivity contribution in [3.05, 3.63) is 25.3 Å². The van der Waals surface area contributed by atoms with Crippen LogP contribution in [0.15, 0.2) is 25.3 Å². The zero-order valence-electron chi connectivity index (χ0n) is 14.4. The van der Waals surface area contributed by atoms with Crippen molar-refractivity contribution in [1.29, 1.82) is 0 Å². The van der Waals surface area contributed by atoms with Gasteiger partial charge in [-0.2, -0.15) is 0 Å². The van der Waals surface area contributed by atoms with Crippen LogP contribution in [0.3, 0.4) is 0 Å². The summed E-state index contributed by atoms with van der Waals surface area (Å²) < 4.78 is 0. The van der Waals surface area contributed by atoms with E-state index in [0.29, 0.717) is 12.8 Å². The van der Waals surface area contributed by atoms with Gasteiger partial charge >= 0.3 is 0 Å². The molecule has 4 N–H and O–H groups in total. The molecule has 132 valence electrons. The molecule has 0 radical (unpaired) electrons. The molecular formula is C18H36O4. The maximum absolute atomic E-state index is 9.04. The first-order valence-electron chi connectivity index (χ1n) is 8.14. The lowest BCUT2D eigenvalue weighted by Crippen LogP contribution is -2.28. The fourth-order valence-corrected chi connectivity index (χ4v) is 2.16. The Morgan fingerprint density at radius 3 is 1.41 bits per heavy atom. The Hall–Kier alpha value is -0.680. The van der Waals surface area contributed by atoms with Crippen LogP contribution in [-0.2, 0) is 0 Å². The van der Waals surface area contributed by atoms with Gasteiger partial charge in [0.15, 0.2) is 0 Å². The quantitative estimate of drug-likeness (QED) is 0.417. The first-order chi connectivity index (χ1) is 10.5. The Labute approximate surface area is 136 Å². The van der Waals surface area contributed by atoms with Gasteiger partial charge in [-0.3, -0.25) is 0 Å². The van der Waals surface area contributed by atoms with Crippen LogP contribution in [0.4, 0.5) is 0 Å². The highest BCUT2D eigenvalue weighted by atomic mass is 16.3. The molecule has 0 saturated heterocycles. The second-order valence-corrected chi connectivity index (χ2v) is 6.08. The van der Waals surface area contributed by atoms with E-state index in [2.05, 4.69) is 20.1 Å². The van der Waals surface area contributed by atoms with Crippen molar-refractivity contribution in [2.24, 2.45) is 10.8 Å². The molecule has 0 aromatic rings. The third-order valence-electron chi connectivity index (χ3n) is 4.31. The van der Waals surface area contributed by atoms with Gasteiger partial charge in [-0.25, -0.2) is 0 Å². The number of allylic oxidation sites excluding steroid dienone is 2. The first kappa shape index (κ1) is 23.6. The number of unbranched alkanes of at least 4 members (excludes halogenated alkanes) is 1. The normalized spacial score (nSPS) is 11.5. The topological polar surface area (TPSA) is 80.9 Å². The zero-order chi connectivity index (χ0) is 17.5. The minimum absolute atomic E-state index is 0.0263. The molecule has 0 aliphatic carbocycles. The van der Waals surface area contributed by atoms with Gasteiger partial charge in [-0.1, -0.05) is 38.8 Å². The van der Waals surface area contributed by atoms with Crippen LogP contribution in [0.25, 0.3) is 0 Å². The second kappa shape index (κ2) is 13.9. The number of rotatable bonds is 12. The van der Waals surface area contributed by atoms with Gasteiger partial charge in [-0.15, -0.1) is 13.2 Å². The molecule has 0 aromatic heterocycles. The summed E-state index contributed by atoms with van der Waals surface area (Å²) in [5.41, 5.74) is -0.653. The molecule has 0 fully saturated rings. The molecule has 0 aromatic carbocycles. The van der Waals surface area contributed by atoms with E-state index in [4.69, 9.17) is 20.4 Å². The van der Waals surface area contributed by atoms with Crippen LogP contribution in [0.5, 0.6) is 0 Å². The lowest BCUT2D eigenvalue weighted by Gasteiger charge is -2.27. The molecular weight excluding hydrogens is 280 g/mol. The fourth-order valence-electron chi connectivity index (χ4n) is 2.16. The average Bonchev–Trinajstić information content (AvgIpc) is 2.57. The maximum Gasteiger partial charge on any atom is 0.0515 e. The van der Waals surface area contributed by atoms with E-state index in [1.807, 2.05) is 6.92 Å². The summed E-state index contributed by atoms with van der Waals surface area (Å²) in [7, 11) is 0. The summed E-state index contributed by atoms with van der Waals surface area (Å²) in [5.74, 6) is 0. The minimum Gasteiger partial charge on any atom is -0.396 e. The van der Waals surface area contributed by atoms with Gasteiger partial charge in [0.1, 0.15) is 0 Å². The molecule has 0 rings (SSSR count). The minimum atomic E-state index is -0.441. The van der Waals surface area contributed by atoms with Crippen molar-refractivity contribution >= 4 is 0 Å². The summed E-state index contributed by atoms with van der Waals surface area (Å²) in [6.07, 6.45) is 8.66. The molecule has 0 spiro atoms. The zero-order valence-corrected chi connectivity index (χ0v) is 14.4. The van der Waals surface area contributed by atoms with Crippen molar-refractivity contribution in [3.63, 3.8) is 0 Å². The second-order valence-electron chi connectivity index (χ2n) is 6.08. The molecule has 4 heteroatoms. The van der Waals surface area contributed by atoms with Gasteiger partial charge in [0.05, 0.1) is 26.4 Å². The van der Waals surface area contributed by atoms with Crippen molar-refractivity contribution < 1.29 is 20.4 Å². The van der Waals surface area contributed by atoms with Gasteiger partial charge < -0.3 is 20.4 Å². The highest BCUT2D eigenvalue weighted by Crippen LogP contribution is 2.27. The number of aliphatic hydroxyl groups excluding tert-OH is 4. The lowest BCUT2D eigenvalue weighted by molar-refractivity contribution is 0.0420. The summed E-state index contributed by atoms with van der Waals surface area (Å²) in [6, 6.07) is 0. The van der Waals surface area contributed by atoms with E-state index < -0.39 is 5.41 Å². The highest BCUT2D eigenvalue weighted by Gasteiger charge is 2.25. The van der Waals surface area contributed by atoms with E-state index >= 15 is 0 Å². The molecule has 4 nitrogen and oxygen atoms in total. The van der Waals surface area contributed by atoms with E-state index in [9.17, 15) is 0 Å². The van der Waals surface area contributed by atoms with E-state index in [-0.39, 0.29) is 31.8 Å². The van der Waals surface area contributed by atoms with E-state index in [1.165, 1.54) is 0 Å². The fraction of sp³-hybridized carbons (Fsp3) is 0.778. The van der Waals surface area contributed by atoms with Crippen LogP contribution in [0.1, 0.15) is 52.4 Å². The van der Waals surface area contributed by atoms with Gasteiger partial charge in [0.2, 0.25) is 0 Å². The van der Waals surface area contributed by atoms with Crippen molar-refractivity contribution in [2.75, 3.05) is 26.4 Å². The molecule has 0 bridgehead atoms. The lowest BCUT2D eigenvalue weighted by atomic mass is 9.82. The van der Waals surface area contributed by atoms with Gasteiger partial charge in [0.25, 0.3) is 0 Å². The summed E-state index contributed by atoms with van der Waals surface area (Å²) in [4.78, 5) is 0. The third-order valence-corrected chi connectivity index (χ3v) is 4.31. The van der Waals surface area contributed by atoms with Crippen LogP contribution in [0, 0.1) is 10.8 Å². The van der Waals surface area contributed by atoms with Crippen molar-refractivity contribution in [1.82, 2.24) is 0 Å². The van der Waals surface area contributed by atoms with E-state index in [0.717, 1.165) is 25.7 Å². The average molecular weight is 316 g/mol. The van der Waals surface area contributed by atoms with Gasteiger partial charge in [0, 0.05) is 10.8 Å². The smallest absolute Gasteiger partial charge is 0.0515 e. The predicted octanol–water partition coefficient (Wildman–Crippen LogP) is 2.67. The molecule has 0 aliphatic heterocycles. The standard InChI is InChI=1S/C9H20O2.C9H16O2/c1-3-5-6-9(4-2,7-10)8-11;1-3-5-9(7-10,8-11)6-4-2/h10-11H,3-8H2,1-2H3;3-4,10-11H,1-2,5-8H2. The molecule has 0 heterocycles. The number of hydrogen-bond acceptors (Lipinski definition) is 4. The Morgan fingerprint density at radius 2 is 1.18 bits per heavy atom. The largest absolute Gasteiger partial charge is 0.396 e. The summed E-state index contributed by atoms with van der Waals surface area (Å²) in [5, 5.41) is 36.1. The monoisotopic (exact) mass is 316 g/mol. The summed E-state index contributed by atoms with van der Waals surface area (Å²) in [6.45, 7) is 11.4. The Bertz CT molecular complexity index is 248. The summed E-state index contributed by atoms with van der Waals surface area (Å²) >= 11 is 0. The van der Waals surface area contributed by atoms with Crippen LogP contribution in [-0.4, -0.2) is 46.9 Å². The van der Waals surface area contributed by atoms with E-state index in [1.54, 1.807) is 12.2 Å². The maximum atomic E-state index is 9.04. The molecule has 22 heavy (non-hydrogen) atoms.